The van der Waals surface area contributed by atoms with E-state index in [0.29, 0.717) is 25.4 Å². The number of nitrogens with zero attached hydrogens (tertiary/aromatic N) is 1. The van der Waals surface area contributed by atoms with Crippen molar-refractivity contribution in [3.8, 4) is 11.8 Å². The lowest BCUT2D eigenvalue weighted by Gasteiger charge is -2.10. The van der Waals surface area contributed by atoms with E-state index in [1.165, 1.54) is 0 Å². The normalized spacial score (nSPS) is 18.9. The van der Waals surface area contributed by atoms with Crippen molar-refractivity contribution < 1.29 is 14.2 Å². The third-order valence-electron chi connectivity index (χ3n) is 2.58. The Balaban J connectivity index is 1.65. The summed E-state index contributed by atoms with van der Waals surface area (Å²) in [6.45, 7) is 2.56. The van der Waals surface area contributed by atoms with E-state index < -0.39 is 0 Å². The van der Waals surface area contributed by atoms with Crippen LogP contribution in [-0.2, 0) is 9.47 Å². The maximum absolute atomic E-state index is 8.64. The molecule has 0 amide bonds. The molecule has 1 aliphatic rings. The Labute approximate surface area is 101 Å². The molecule has 1 saturated heterocycles. The fourth-order valence-electron chi connectivity index (χ4n) is 1.64. The molecular weight excluding hydrogens is 218 g/mol. The predicted molar refractivity (Wildman–Crippen MR) is 61.8 cm³/mol. The summed E-state index contributed by atoms with van der Waals surface area (Å²) in [5.41, 5.74) is 0.636. The first-order chi connectivity index (χ1) is 8.38. The summed E-state index contributed by atoms with van der Waals surface area (Å²) in [7, 11) is 0. The molecule has 1 aromatic rings. The summed E-state index contributed by atoms with van der Waals surface area (Å²) >= 11 is 0. The molecule has 0 N–H and O–H groups in total. The molecule has 0 aliphatic carbocycles. The van der Waals surface area contributed by atoms with Gasteiger partial charge in [0.25, 0.3) is 0 Å². The van der Waals surface area contributed by atoms with Crippen LogP contribution in [-0.4, -0.2) is 32.5 Å². The molecule has 0 radical (unpaired) electrons. The Bertz CT molecular complexity index is 377. The van der Waals surface area contributed by atoms with Gasteiger partial charge in [-0.3, -0.25) is 0 Å². The lowest BCUT2D eigenvalue weighted by molar-refractivity contribution is 0.0265. The molecular formula is C13H15NO3. The number of nitriles is 1. The van der Waals surface area contributed by atoms with Crippen LogP contribution in [0.2, 0.25) is 0 Å². The monoisotopic (exact) mass is 233 g/mol. The van der Waals surface area contributed by atoms with Gasteiger partial charge in [0.15, 0.2) is 0 Å². The molecule has 4 nitrogen and oxygen atoms in total. The molecule has 0 saturated carbocycles. The standard InChI is InChI=1S/C13H15NO3/c14-9-11-1-3-12(4-2-11)16-7-8-17-13-5-6-15-10-13/h1-4,13H,5-8,10H2. The molecule has 0 aromatic heterocycles. The molecule has 2 rings (SSSR count). The van der Waals surface area contributed by atoms with E-state index in [4.69, 9.17) is 19.5 Å². The molecule has 17 heavy (non-hydrogen) atoms. The fraction of sp³-hybridized carbons (Fsp3) is 0.462. The lowest BCUT2D eigenvalue weighted by atomic mass is 10.2. The number of hydrogen-bond donors (Lipinski definition) is 0. The first kappa shape index (κ1) is 11.9. The highest BCUT2D eigenvalue weighted by Crippen LogP contribution is 2.12. The largest absolute Gasteiger partial charge is 0.491 e. The first-order valence-corrected chi connectivity index (χ1v) is 5.71. The summed E-state index contributed by atoms with van der Waals surface area (Å²) < 4.78 is 16.3. The van der Waals surface area contributed by atoms with Crippen molar-refractivity contribution >= 4 is 0 Å². The Kier molecular flexibility index (Phi) is 4.37. The van der Waals surface area contributed by atoms with Gasteiger partial charge in [-0.25, -0.2) is 0 Å². The number of benzene rings is 1. The quantitative estimate of drug-likeness (QED) is 0.727. The van der Waals surface area contributed by atoms with Crippen LogP contribution in [0.1, 0.15) is 12.0 Å². The van der Waals surface area contributed by atoms with Gasteiger partial charge in [-0.05, 0) is 30.7 Å². The van der Waals surface area contributed by atoms with Crippen molar-refractivity contribution in [1.82, 2.24) is 0 Å². The molecule has 1 atom stereocenters. The van der Waals surface area contributed by atoms with E-state index in [1.54, 1.807) is 24.3 Å². The van der Waals surface area contributed by atoms with E-state index in [0.717, 1.165) is 18.8 Å². The van der Waals surface area contributed by atoms with Crippen molar-refractivity contribution in [2.24, 2.45) is 0 Å². The molecule has 1 unspecified atom stereocenters. The zero-order chi connectivity index (χ0) is 11.9. The molecule has 90 valence electrons. The van der Waals surface area contributed by atoms with Crippen molar-refractivity contribution in [3.05, 3.63) is 29.8 Å². The van der Waals surface area contributed by atoms with Crippen LogP contribution in [0.25, 0.3) is 0 Å². The summed E-state index contributed by atoms with van der Waals surface area (Å²) in [6, 6.07) is 9.12. The zero-order valence-electron chi connectivity index (χ0n) is 9.59. The number of ether oxygens (including phenoxy) is 3. The minimum atomic E-state index is 0.222. The zero-order valence-corrected chi connectivity index (χ0v) is 9.59. The van der Waals surface area contributed by atoms with Crippen LogP contribution >= 0.6 is 0 Å². The van der Waals surface area contributed by atoms with Crippen LogP contribution in [0.15, 0.2) is 24.3 Å². The average molecular weight is 233 g/mol. The minimum Gasteiger partial charge on any atom is -0.491 e. The predicted octanol–water partition coefficient (Wildman–Crippen LogP) is 1.74. The van der Waals surface area contributed by atoms with Gasteiger partial charge in [0, 0.05) is 6.61 Å². The van der Waals surface area contributed by atoms with Gasteiger partial charge in [0.1, 0.15) is 12.4 Å². The third-order valence-corrected chi connectivity index (χ3v) is 2.58. The lowest BCUT2D eigenvalue weighted by Crippen LogP contribution is -2.16. The third kappa shape index (κ3) is 3.74. The van der Waals surface area contributed by atoms with Gasteiger partial charge in [-0.1, -0.05) is 0 Å². The van der Waals surface area contributed by atoms with Crippen molar-refractivity contribution in [3.63, 3.8) is 0 Å². The number of rotatable bonds is 5. The van der Waals surface area contributed by atoms with Crippen molar-refractivity contribution in [2.45, 2.75) is 12.5 Å². The molecule has 0 bridgehead atoms. The summed E-state index contributed by atoms with van der Waals surface area (Å²) in [5.74, 6) is 0.760. The summed E-state index contributed by atoms with van der Waals surface area (Å²) in [6.07, 6.45) is 1.19. The van der Waals surface area contributed by atoms with Crippen LogP contribution in [0.3, 0.4) is 0 Å². The van der Waals surface area contributed by atoms with E-state index in [-0.39, 0.29) is 6.10 Å². The first-order valence-electron chi connectivity index (χ1n) is 5.71. The molecule has 4 heteroatoms. The van der Waals surface area contributed by atoms with Crippen LogP contribution in [0, 0.1) is 11.3 Å². The Morgan fingerprint density at radius 3 is 2.76 bits per heavy atom. The minimum absolute atomic E-state index is 0.222. The Morgan fingerprint density at radius 1 is 1.29 bits per heavy atom. The summed E-state index contributed by atoms with van der Waals surface area (Å²) in [4.78, 5) is 0. The van der Waals surface area contributed by atoms with Gasteiger partial charge < -0.3 is 14.2 Å². The average Bonchev–Trinajstić information content (AvgIpc) is 2.88. The number of hydrogen-bond acceptors (Lipinski definition) is 4. The highest BCUT2D eigenvalue weighted by atomic mass is 16.6. The topological polar surface area (TPSA) is 51.5 Å². The summed E-state index contributed by atoms with van der Waals surface area (Å²) in [5, 5.41) is 8.64. The van der Waals surface area contributed by atoms with E-state index in [2.05, 4.69) is 6.07 Å². The highest BCUT2D eigenvalue weighted by molar-refractivity contribution is 5.34. The molecule has 1 aliphatic heterocycles. The van der Waals surface area contributed by atoms with Crippen molar-refractivity contribution in [2.75, 3.05) is 26.4 Å². The van der Waals surface area contributed by atoms with Gasteiger partial charge in [0.05, 0.1) is 31.0 Å². The van der Waals surface area contributed by atoms with E-state index >= 15 is 0 Å². The Hall–Kier alpha value is -1.57. The maximum Gasteiger partial charge on any atom is 0.119 e. The van der Waals surface area contributed by atoms with Gasteiger partial charge in [0.2, 0.25) is 0 Å². The van der Waals surface area contributed by atoms with E-state index in [9.17, 15) is 0 Å². The van der Waals surface area contributed by atoms with Gasteiger partial charge in [-0.2, -0.15) is 5.26 Å². The van der Waals surface area contributed by atoms with E-state index in [1.807, 2.05) is 0 Å². The molecule has 1 aromatic carbocycles. The van der Waals surface area contributed by atoms with Gasteiger partial charge in [-0.15, -0.1) is 0 Å². The van der Waals surface area contributed by atoms with Crippen LogP contribution in [0.4, 0.5) is 0 Å². The SMILES string of the molecule is N#Cc1ccc(OCCOC2CCOC2)cc1. The van der Waals surface area contributed by atoms with Crippen LogP contribution in [0.5, 0.6) is 5.75 Å². The maximum atomic E-state index is 8.64. The Morgan fingerprint density at radius 2 is 2.12 bits per heavy atom. The second-order valence-corrected chi connectivity index (χ2v) is 3.84. The smallest absolute Gasteiger partial charge is 0.119 e. The molecule has 0 spiro atoms. The van der Waals surface area contributed by atoms with Crippen LogP contribution < -0.4 is 4.74 Å². The highest BCUT2D eigenvalue weighted by Gasteiger charge is 2.15. The van der Waals surface area contributed by atoms with Crippen molar-refractivity contribution in [1.29, 1.82) is 5.26 Å². The molecule has 1 fully saturated rings. The van der Waals surface area contributed by atoms with Gasteiger partial charge >= 0.3 is 0 Å². The second-order valence-electron chi connectivity index (χ2n) is 3.84. The fourth-order valence-corrected chi connectivity index (χ4v) is 1.64. The molecule has 1 heterocycles. The second kappa shape index (κ2) is 6.24.